The molecule has 1 rings (SSSR count). The smallest absolute Gasteiger partial charge is 0.306 e. The Balaban J connectivity index is 2.46. The summed E-state index contributed by atoms with van der Waals surface area (Å²) in [4.78, 5) is 10.7. The van der Waals surface area contributed by atoms with Crippen LogP contribution in [0.15, 0.2) is 0 Å². The van der Waals surface area contributed by atoms with E-state index in [9.17, 15) is 4.79 Å². The van der Waals surface area contributed by atoms with E-state index in [1.807, 2.05) is 6.92 Å². The van der Waals surface area contributed by atoms with Crippen LogP contribution in [-0.4, -0.2) is 11.6 Å². The minimum absolute atomic E-state index is 0.0315. The lowest BCUT2D eigenvalue weighted by molar-refractivity contribution is -0.147. The van der Waals surface area contributed by atoms with Crippen molar-refractivity contribution in [3.8, 4) is 0 Å². The third kappa shape index (κ3) is 1.49. The fourth-order valence-corrected chi connectivity index (χ4v) is 1.45. The highest BCUT2D eigenvalue weighted by Crippen LogP contribution is 2.30. The summed E-state index contributed by atoms with van der Waals surface area (Å²) in [5.41, 5.74) is -0.133. The number of hydrogen-bond acceptors (Lipinski definition) is 2. The zero-order valence-corrected chi connectivity index (χ0v) is 6.64. The van der Waals surface area contributed by atoms with Gasteiger partial charge in [-0.25, -0.2) is 0 Å². The number of carbonyl (C=O) groups is 1. The maximum atomic E-state index is 10.7. The summed E-state index contributed by atoms with van der Waals surface area (Å²) in [7, 11) is 0. The zero-order valence-electron chi connectivity index (χ0n) is 6.64. The summed E-state index contributed by atoms with van der Waals surface area (Å²) in [6, 6.07) is 0. The quantitative estimate of drug-likeness (QED) is 0.550. The monoisotopic (exact) mass is 142 g/mol. The first-order chi connectivity index (χ1) is 4.66. The third-order valence-electron chi connectivity index (χ3n) is 2.00. The predicted molar refractivity (Wildman–Crippen MR) is 38.6 cm³/mol. The summed E-state index contributed by atoms with van der Waals surface area (Å²) >= 11 is 0. The number of hydrogen-bond donors (Lipinski definition) is 0. The van der Waals surface area contributed by atoms with Crippen molar-refractivity contribution in [2.45, 2.75) is 45.1 Å². The number of ether oxygens (including phenoxy) is 1. The van der Waals surface area contributed by atoms with Crippen LogP contribution in [0.1, 0.15) is 39.5 Å². The Kier molecular flexibility index (Phi) is 1.97. The molecular formula is C8H14O2. The van der Waals surface area contributed by atoms with Gasteiger partial charge >= 0.3 is 5.97 Å². The van der Waals surface area contributed by atoms with E-state index in [0.29, 0.717) is 6.42 Å². The van der Waals surface area contributed by atoms with Crippen LogP contribution >= 0.6 is 0 Å². The Morgan fingerprint density at radius 2 is 2.40 bits per heavy atom. The van der Waals surface area contributed by atoms with E-state index >= 15 is 0 Å². The number of rotatable bonds is 2. The summed E-state index contributed by atoms with van der Waals surface area (Å²) in [5, 5.41) is 0. The Morgan fingerprint density at radius 1 is 1.70 bits per heavy atom. The molecule has 1 fully saturated rings. The summed E-state index contributed by atoms with van der Waals surface area (Å²) in [5.74, 6) is -0.0315. The SMILES string of the molecule is CCC[C@]1(C)CCC(=O)O1. The molecule has 0 bridgehead atoms. The highest BCUT2D eigenvalue weighted by molar-refractivity contribution is 5.72. The van der Waals surface area contributed by atoms with E-state index in [0.717, 1.165) is 19.3 Å². The van der Waals surface area contributed by atoms with Crippen molar-refractivity contribution in [1.29, 1.82) is 0 Å². The lowest BCUT2D eigenvalue weighted by Gasteiger charge is -2.20. The van der Waals surface area contributed by atoms with Gasteiger partial charge in [-0.3, -0.25) is 4.79 Å². The highest BCUT2D eigenvalue weighted by atomic mass is 16.6. The maximum absolute atomic E-state index is 10.7. The number of carbonyl (C=O) groups excluding carboxylic acids is 1. The molecular weight excluding hydrogens is 128 g/mol. The molecule has 0 spiro atoms. The molecule has 0 amide bonds. The van der Waals surface area contributed by atoms with Gasteiger partial charge in [0.1, 0.15) is 5.60 Å². The van der Waals surface area contributed by atoms with Gasteiger partial charge in [0, 0.05) is 6.42 Å². The average molecular weight is 142 g/mol. The van der Waals surface area contributed by atoms with E-state index < -0.39 is 0 Å². The second-order valence-corrected chi connectivity index (χ2v) is 3.17. The number of esters is 1. The predicted octanol–water partition coefficient (Wildman–Crippen LogP) is 1.88. The van der Waals surface area contributed by atoms with Crippen LogP contribution in [0.2, 0.25) is 0 Å². The molecule has 0 radical (unpaired) electrons. The van der Waals surface area contributed by atoms with E-state index in [-0.39, 0.29) is 11.6 Å². The second kappa shape index (κ2) is 2.60. The number of cyclic esters (lactones) is 1. The molecule has 10 heavy (non-hydrogen) atoms. The van der Waals surface area contributed by atoms with Crippen molar-refractivity contribution >= 4 is 5.97 Å². The first kappa shape index (κ1) is 7.58. The molecule has 1 saturated heterocycles. The van der Waals surface area contributed by atoms with Gasteiger partial charge in [0.15, 0.2) is 0 Å². The van der Waals surface area contributed by atoms with Crippen molar-refractivity contribution in [2.24, 2.45) is 0 Å². The van der Waals surface area contributed by atoms with Crippen LogP contribution in [0.4, 0.5) is 0 Å². The molecule has 1 atom stereocenters. The van der Waals surface area contributed by atoms with Crippen molar-refractivity contribution in [1.82, 2.24) is 0 Å². The van der Waals surface area contributed by atoms with Gasteiger partial charge in [0.25, 0.3) is 0 Å². The van der Waals surface area contributed by atoms with E-state index in [1.165, 1.54) is 0 Å². The molecule has 0 aromatic rings. The molecule has 0 N–H and O–H groups in total. The second-order valence-electron chi connectivity index (χ2n) is 3.17. The van der Waals surface area contributed by atoms with Crippen LogP contribution in [0, 0.1) is 0 Å². The first-order valence-electron chi connectivity index (χ1n) is 3.88. The van der Waals surface area contributed by atoms with Gasteiger partial charge in [-0.2, -0.15) is 0 Å². The summed E-state index contributed by atoms with van der Waals surface area (Å²) < 4.78 is 5.15. The minimum Gasteiger partial charge on any atom is -0.459 e. The molecule has 0 unspecified atom stereocenters. The molecule has 0 aromatic heterocycles. The van der Waals surface area contributed by atoms with Crippen LogP contribution in [0.3, 0.4) is 0 Å². The molecule has 0 aliphatic carbocycles. The van der Waals surface area contributed by atoms with Crippen molar-refractivity contribution < 1.29 is 9.53 Å². The zero-order chi connectivity index (χ0) is 7.61. The van der Waals surface area contributed by atoms with Crippen LogP contribution < -0.4 is 0 Å². The van der Waals surface area contributed by atoms with E-state index in [4.69, 9.17) is 4.74 Å². The Hall–Kier alpha value is -0.530. The highest BCUT2D eigenvalue weighted by Gasteiger charge is 2.34. The molecule has 0 saturated carbocycles. The topological polar surface area (TPSA) is 26.3 Å². The van der Waals surface area contributed by atoms with E-state index in [2.05, 4.69) is 6.92 Å². The van der Waals surface area contributed by atoms with Gasteiger partial charge in [0.2, 0.25) is 0 Å². The first-order valence-corrected chi connectivity index (χ1v) is 3.88. The molecule has 0 aromatic carbocycles. The normalized spacial score (nSPS) is 32.4. The van der Waals surface area contributed by atoms with Crippen LogP contribution in [0.25, 0.3) is 0 Å². The summed E-state index contributed by atoms with van der Waals surface area (Å²) in [6.07, 6.45) is 3.60. The fraction of sp³-hybridized carbons (Fsp3) is 0.875. The van der Waals surface area contributed by atoms with Gasteiger partial charge in [-0.15, -0.1) is 0 Å². The van der Waals surface area contributed by atoms with Crippen molar-refractivity contribution in [2.75, 3.05) is 0 Å². The lowest BCUT2D eigenvalue weighted by atomic mass is 9.97. The van der Waals surface area contributed by atoms with Crippen LogP contribution in [-0.2, 0) is 9.53 Å². The van der Waals surface area contributed by atoms with Gasteiger partial charge in [-0.05, 0) is 19.8 Å². The standard InChI is InChI=1S/C8H14O2/c1-3-5-8(2)6-4-7(9)10-8/h3-6H2,1-2H3/t8-/m1/s1. The minimum atomic E-state index is -0.133. The van der Waals surface area contributed by atoms with Gasteiger partial charge < -0.3 is 4.74 Å². The molecule has 1 aliphatic heterocycles. The largest absolute Gasteiger partial charge is 0.459 e. The molecule has 2 nitrogen and oxygen atoms in total. The Morgan fingerprint density at radius 3 is 2.80 bits per heavy atom. The van der Waals surface area contributed by atoms with Gasteiger partial charge in [0.05, 0.1) is 0 Å². The lowest BCUT2D eigenvalue weighted by Crippen LogP contribution is -2.22. The fourth-order valence-electron chi connectivity index (χ4n) is 1.45. The van der Waals surface area contributed by atoms with Crippen molar-refractivity contribution in [3.05, 3.63) is 0 Å². The maximum Gasteiger partial charge on any atom is 0.306 e. The summed E-state index contributed by atoms with van der Waals surface area (Å²) in [6.45, 7) is 4.12. The molecule has 1 aliphatic rings. The van der Waals surface area contributed by atoms with Crippen molar-refractivity contribution in [3.63, 3.8) is 0 Å². The van der Waals surface area contributed by atoms with Gasteiger partial charge in [-0.1, -0.05) is 13.3 Å². The molecule has 58 valence electrons. The Bertz CT molecular complexity index is 142. The van der Waals surface area contributed by atoms with E-state index in [1.54, 1.807) is 0 Å². The molecule has 2 heteroatoms. The Labute approximate surface area is 61.6 Å². The average Bonchev–Trinajstić information content (AvgIpc) is 2.12. The molecule has 1 heterocycles. The third-order valence-corrected chi connectivity index (χ3v) is 2.00. The van der Waals surface area contributed by atoms with Crippen LogP contribution in [0.5, 0.6) is 0 Å².